The fourth-order valence-electron chi connectivity index (χ4n) is 4.22. The van der Waals surface area contributed by atoms with Crippen LogP contribution in [0.4, 0.5) is 0 Å². The fraction of sp³-hybridized carbons (Fsp3) is 0.714. The van der Waals surface area contributed by atoms with E-state index < -0.39 is 92.1 Å². The van der Waals surface area contributed by atoms with Crippen LogP contribution in [0.1, 0.15) is 25.7 Å². The Labute approximate surface area is 212 Å². The third-order valence-electron chi connectivity index (χ3n) is 6.26. The molecule has 5 atom stereocenters. The summed E-state index contributed by atoms with van der Waals surface area (Å²) < 4.78 is 0. The molecule has 0 aromatic carbocycles. The van der Waals surface area contributed by atoms with E-state index >= 15 is 0 Å². The number of nitrogens with one attached hydrogen (secondary N) is 3. The molecule has 0 aromatic rings. The number of aliphatic hydroxyl groups excluding tert-OH is 3. The van der Waals surface area contributed by atoms with Gasteiger partial charge in [-0.15, -0.1) is 0 Å². The van der Waals surface area contributed by atoms with Gasteiger partial charge in [0.1, 0.15) is 30.2 Å². The van der Waals surface area contributed by atoms with Gasteiger partial charge >= 0.3 is 5.97 Å². The summed E-state index contributed by atoms with van der Waals surface area (Å²) >= 11 is 0. The molecule has 37 heavy (non-hydrogen) atoms. The number of aliphatic carboxylic acids is 1. The van der Waals surface area contributed by atoms with Crippen molar-refractivity contribution in [1.82, 2.24) is 25.8 Å². The number of aliphatic hydroxyl groups is 3. The van der Waals surface area contributed by atoms with Gasteiger partial charge in [0, 0.05) is 13.1 Å². The normalized spacial score (nSPS) is 21.6. The first-order valence-corrected chi connectivity index (χ1v) is 11.8. The van der Waals surface area contributed by atoms with E-state index in [9.17, 15) is 44.1 Å². The molecule has 9 N–H and O–H groups in total. The van der Waals surface area contributed by atoms with E-state index in [0.717, 1.165) is 4.90 Å². The monoisotopic (exact) mass is 530 g/mol. The summed E-state index contributed by atoms with van der Waals surface area (Å²) in [6, 6.07) is -6.29. The zero-order valence-corrected chi connectivity index (χ0v) is 20.2. The van der Waals surface area contributed by atoms with Crippen molar-refractivity contribution in [3.8, 4) is 0 Å². The summed E-state index contributed by atoms with van der Waals surface area (Å²) in [6.07, 6.45) is 1.39. The van der Waals surface area contributed by atoms with E-state index in [1.54, 1.807) is 0 Å². The van der Waals surface area contributed by atoms with Crippen LogP contribution in [-0.2, 0) is 28.8 Å². The number of rotatable bonds is 12. The van der Waals surface area contributed by atoms with Crippen molar-refractivity contribution in [2.45, 2.75) is 55.9 Å². The van der Waals surface area contributed by atoms with Gasteiger partial charge in [-0.05, 0) is 25.7 Å². The number of carbonyl (C=O) groups is 6. The van der Waals surface area contributed by atoms with Crippen LogP contribution in [0.3, 0.4) is 0 Å². The Bertz CT molecular complexity index is 886. The van der Waals surface area contributed by atoms with Gasteiger partial charge in [-0.3, -0.25) is 24.0 Å². The quantitative estimate of drug-likeness (QED) is 0.118. The lowest BCUT2D eigenvalue weighted by atomic mass is 10.1. The molecule has 0 aliphatic carbocycles. The average Bonchev–Trinajstić information content (AvgIpc) is 3.58. The van der Waals surface area contributed by atoms with Crippen molar-refractivity contribution in [1.29, 1.82) is 0 Å². The summed E-state index contributed by atoms with van der Waals surface area (Å²) in [6.45, 7) is -2.43. The second-order valence-electron chi connectivity index (χ2n) is 8.77. The lowest BCUT2D eigenvalue weighted by Crippen LogP contribution is -2.59. The third-order valence-corrected chi connectivity index (χ3v) is 6.26. The summed E-state index contributed by atoms with van der Waals surface area (Å²) in [5.74, 6) is -5.10. The fourth-order valence-corrected chi connectivity index (χ4v) is 4.22. The Hall–Kier alpha value is -3.34. The number of likely N-dealkylation sites (tertiary alicyclic amines) is 2. The van der Waals surface area contributed by atoms with Crippen molar-refractivity contribution in [2.75, 3.05) is 39.5 Å². The summed E-state index contributed by atoms with van der Waals surface area (Å²) in [4.78, 5) is 76.0. The Morgan fingerprint density at radius 3 is 1.97 bits per heavy atom. The van der Waals surface area contributed by atoms with E-state index in [0.29, 0.717) is 12.8 Å². The third kappa shape index (κ3) is 7.58. The van der Waals surface area contributed by atoms with Crippen molar-refractivity contribution in [3.05, 3.63) is 0 Å². The minimum Gasteiger partial charge on any atom is -0.480 e. The zero-order chi connectivity index (χ0) is 27.7. The first kappa shape index (κ1) is 29.9. The number of carbonyl (C=O) groups excluding carboxylic acids is 5. The van der Waals surface area contributed by atoms with Crippen molar-refractivity contribution < 1.29 is 49.2 Å². The Morgan fingerprint density at radius 1 is 0.811 bits per heavy atom. The maximum Gasteiger partial charge on any atom is 0.326 e. The molecule has 208 valence electrons. The Kier molecular flexibility index (Phi) is 11.2. The highest BCUT2D eigenvalue weighted by Crippen LogP contribution is 2.19. The molecule has 2 heterocycles. The summed E-state index contributed by atoms with van der Waals surface area (Å²) in [7, 11) is 0. The van der Waals surface area contributed by atoms with Crippen LogP contribution in [0.5, 0.6) is 0 Å². The van der Waals surface area contributed by atoms with E-state index in [1.807, 2.05) is 0 Å². The summed E-state index contributed by atoms with van der Waals surface area (Å²) in [5, 5.41) is 44.2. The predicted molar refractivity (Wildman–Crippen MR) is 123 cm³/mol. The maximum absolute atomic E-state index is 12.8. The predicted octanol–water partition coefficient (Wildman–Crippen LogP) is -5.56. The van der Waals surface area contributed by atoms with Gasteiger partial charge in [-0.25, -0.2) is 4.79 Å². The summed E-state index contributed by atoms with van der Waals surface area (Å²) in [5.41, 5.74) is 5.37. The molecule has 5 amide bonds. The first-order chi connectivity index (χ1) is 17.5. The average molecular weight is 531 g/mol. The Balaban J connectivity index is 1.97. The second kappa shape index (κ2) is 13.8. The number of nitrogens with zero attached hydrogens (tertiary/aromatic N) is 2. The highest BCUT2D eigenvalue weighted by Gasteiger charge is 2.39. The molecule has 0 saturated carbocycles. The molecule has 0 spiro atoms. The number of hydrogen-bond donors (Lipinski definition) is 8. The van der Waals surface area contributed by atoms with Crippen LogP contribution < -0.4 is 21.7 Å². The van der Waals surface area contributed by atoms with Crippen molar-refractivity contribution in [2.24, 2.45) is 5.73 Å². The van der Waals surface area contributed by atoms with Gasteiger partial charge < -0.3 is 51.9 Å². The molecular formula is C21H34N6O10. The highest BCUT2D eigenvalue weighted by atomic mass is 16.4. The number of hydrogen-bond acceptors (Lipinski definition) is 10. The zero-order valence-electron chi connectivity index (χ0n) is 20.2. The molecule has 16 nitrogen and oxygen atoms in total. The molecule has 0 radical (unpaired) electrons. The molecule has 2 aliphatic rings. The van der Waals surface area contributed by atoms with E-state index in [1.165, 1.54) is 4.90 Å². The molecule has 16 heteroatoms. The van der Waals surface area contributed by atoms with Crippen LogP contribution >= 0.6 is 0 Å². The van der Waals surface area contributed by atoms with Crippen molar-refractivity contribution >= 4 is 35.5 Å². The van der Waals surface area contributed by atoms with Gasteiger partial charge in [0.25, 0.3) is 0 Å². The topological polar surface area (TPSA) is 252 Å². The van der Waals surface area contributed by atoms with E-state index in [2.05, 4.69) is 16.0 Å². The molecule has 0 unspecified atom stereocenters. The maximum atomic E-state index is 12.8. The van der Waals surface area contributed by atoms with Gasteiger partial charge in [0.15, 0.2) is 0 Å². The SMILES string of the molecule is N[C@@H](CO)C(=O)NCC(=O)N1CCC[C@H]1C(=O)N[C@@H](CO)C(=O)N[C@@H](CO)C(=O)N1CCC[C@H]1C(=O)O. The van der Waals surface area contributed by atoms with Gasteiger partial charge in [0.2, 0.25) is 29.5 Å². The van der Waals surface area contributed by atoms with Crippen LogP contribution in [0, 0.1) is 0 Å². The number of amides is 5. The largest absolute Gasteiger partial charge is 0.480 e. The van der Waals surface area contributed by atoms with Crippen LogP contribution in [0.2, 0.25) is 0 Å². The standard InChI is InChI=1S/C21H34N6O10/c22-11(8-28)17(32)23-7-16(31)26-5-1-3-14(26)19(34)24-12(9-29)18(33)25-13(10-30)20(35)27-6-2-4-15(27)21(36)37/h11-15,28-30H,1-10,22H2,(H,23,32)(H,24,34)(H,25,33)(H,36,37)/t11-,12-,13-,14-,15-/m0/s1. The number of nitrogens with two attached hydrogens (primary N) is 1. The Morgan fingerprint density at radius 2 is 1.41 bits per heavy atom. The molecule has 2 saturated heterocycles. The van der Waals surface area contributed by atoms with Gasteiger partial charge in [-0.2, -0.15) is 0 Å². The van der Waals surface area contributed by atoms with Crippen molar-refractivity contribution in [3.63, 3.8) is 0 Å². The minimum atomic E-state index is -1.52. The molecule has 2 rings (SSSR count). The molecule has 0 bridgehead atoms. The molecule has 2 aliphatic heterocycles. The lowest BCUT2D eigenvalue weighted by molar-refractivity contribution is -0.150. The molecule has 2 fully saturated rings. The van der Waals surface area contributed by atoms with E-state index in [4.69, 9.17) is 10.8 Å². The molecule has 0 aromatic heterocycles. The van der Waals surface area contributed by atoms with Crippen LogP contribution in [-0.4, -0.2) is 135 Å². The van der Waals surface area contributed by atoms with Crippen LogP contribution in [0.25, 0.3) is 0 Å². The number of carboxylic acid groups (broad SMARTS) is 1. The first-order valence-electron chi connectivity index (χ1n) is 11.8. The van der Waals surface area contributed by atoms with E-state index in [-0.39, 0.29) is 25.9 Å². The van der Waals surface area contributed by atoms with Crippen LogP contribution in [0.15, 0.2) is 0 Å². The highest BCUT2D eigenvalue weighted by molar-refractivity contribution is 5.96. The number of carboxylic acids is 1. The lowest BCUT2D eigenvalue weighted by Gasteiger charge is -2.28. The smallest absolute Gasteiger partial charge is 0.326 e. The second-order valence-corrected chi connectivity index (χ2v) is 8.77. The van der Waals surface area contributed by atoms with Gasteiger partial charge in [0.05, 0.1) is 26.4 Å². The minimum absolute atomic E-state index is 0.139. The van der Waals surface area contributed by atoms with Gasteiger partial charge in [-0.1, -0.05) is 0 Å². The molecular weight excluding hydrogens is 496 g/mol.